The lowest BCUT2D eigenvalue weighted by Crippen LogP contribution is -2.47. The average Bonchev–Trinajstić information content (AvgIpc) is 2.41. The van der Waals surface area contributed by atoms with Crippen LogP contribution in [0.3, 0.4) is 0 Å². The minimum atomic E-state index is 0.312. The molecule has 2 atom stereocenters. The maximum absolute atomic E-state index is 9.28. The number of nitrogens with two attached hydrogens (primary N) is 1. The largest absolute Gasteiger partial charge is 0.508 e. The lowest BCUT2D eigenvalue weighted by Gasteiger charge is -2.38. The Labute approximate surface area is 108 Å². The van der Waals surface area contributed by atoms with Crippen molar-refractivity contribution >= 4 is 0 Å². The maximum Gasteiger partial charge on any atom is 0.115 e. The second-order valence-electron chi connectivity index (χ2n) is 4.91. The molecule has 0 aliphatic carbocycles. The number of nitrogens with zero attached hydrogens (tertiary/aromatic N) is 1. The van der Waals surface area contributed by atoms with Gasteiger partial charge in [0.25, 0.3) is 0 Å². The Morgan fingerprint density at radius 2 is 2.11 bits per heavy atom. The number of piperidine rings is 1. The van der Waals surface area contributed by atoms with Crippen molar-refractivity contribution < 1.29 is 9.84 Å². The van der Waals surface area contributed by atoms with Gasteiger partial charge >= 0.3 is 0 Å². The van der Waals surface area contributed by atoms with E-state index in [9.17, 15) is 5.11 Å². The first-order valence-electron chi connectivity index (χ1n) is 6.47. The molecule has 1 aliphatic rings. The van der Waals surface area contributed by atoms with Crippen LogP contribution in [0.25, 0.3) is 0 Å². The number of likely N-dealkylation sites (tertiary alicyclic amines) is 1. The zero-order chi connectivity index (χ0) is 13.0. The molecule has 0 spiro atoms. The first-order chi connectivity index (χ1) is 8.72. The number of ether oxygens (including phenoxy) is 1. The van der Waals surface area contributed by atoms with Crippen LogP contribution in [0, 0.1) is 0 Å². The number of hydrogen-bond acceptors (Lipinski definition) is 4. The van der Waals surface area contributed by atoms with Gasteiger partial charge in [0.2, 0.25) is 0 Å². The van der Waals surface area contributed by atoms with Crippen LogP contribution in [0.4, 0.5) is 0 Å². The van der Waals surface area contributed by atoms with E-state index in [0.717, 1.165) is 25.9 Å². The van der Waals surface area contributed by atoms with Crippen molar-refractivity contribution in [2.75, 3.05) is 20.2 Å². The summed E-state index contributed by atoms with van der Waals surface area (Å²) in [6.45, 7) is 2.57. The molecule has 0 bridgehead atoms. The minimum absolute atomic E-state index is 0.312. The fourth-order valence-electron chi connectivity index (χ4n) is 2.57. The summed E-state index contributed by atoms with van der Waals surface area (Å²) < 4.78 is 5.42. The molecule has 1 fully saturated rings. The lowest BCUT2D eigenvalue weighted by atomic mass is 9.98. The van der Waals surface area contributed by atoms with Crippen LogP contribution < -0.4 is 5.73 Å². The van der Waals surface area contributed by atoms with E-state index in [4.69, 9.17) is 10.5 Å². The maximum atomic E-state index is 9.28. The molecule has 1 heterocycles. The highest BCUT2D eigenvalue weighted by atomic mass is 16.5. The number of hydrogen-bond donors (Lipinski definition) is 2. The molecule has 0 radical (unpaired) electrons. The van der Waals surface area contributed by atoms with Gasteiger partial charge in [-0.2, -0.15) is 0 Å². The second-order valence-corrected chi connectivity index (χ2v) is 4.91. The van der Waals surface area contributed by atoms with Gasteiger partial charge in [-0.1, -0.05) is 12.1 Å². The molecule has 1 aliphatic heterocycles. The van der Waals surface area contributed by atoms with Crippen LogP contribution in [0.1, 0.15) is 18.4 Å². The molecule has 18 heavy (non-hydrogen) atoms. The summed E-state index contributed by atoms with van der Waals surface area (Å²) in [4.78, 5) is 2.40. The normalized spacial score (nSPS) is 25.2. The van der Waals surface area contributed by atoms with Crippen molar-refractivity contribution in [3.63, 3.8) is 0 Å². The number of phenolic OH excluding ortho intramolecular Hbond substituents is 1. The summed E-state index contributed by atoms with van der Waals surface area (Å²) >= 11 is 0. The summed E-state index contributed by atoms with van der Waals surface area (Å²) in [6, 6.07) is 7.78. The Balaban J connectivity index is 1.97. The quantitative estimate of drug-likeness (QED) is 0.846. The highest BCUT2D eigenvalue weighted by Crippen LogP contribution is 2.21. The molecular formula is C14H22N2O2. The second kappa shape index (κ2) is 6.18. The zero-order valence-corrected chi connectivity index (χ0v) is 10.9. The van der Waals surface area contributed by atoms with Crippen molar-refractivity contribution in [2.24, 2.45) is 5.73 Å². The molecular weight excluding hydrogens is 228 g/mol. The smallest absolute Gasteiger partial charge is 0.115 e. The summed E-state index contributed by atoms with van der Waals surface area (Å²) in [5.74, 6) is 0.312. The van der Waals surface area contributed by atoms with E-state index in [-0.39, 0.29) is 0 Å². The van der Waals surface area contributed by atoms with Gasteiger partial charge in [-0.15, -0.1) is 0 Å². The molecule has 2 rings (SSSR count). The molecule has 2 unspecified atom stereocenters. The van der Waals surface area contributed by atoms with E-state index >= 15 is 0 Å². The molecule has 1 aromatic carbocycles. The van der Waals surface area contributed by atoms with E-state index in [1.807, 2.05) is 12.1 Å². The van der Waals surface area contributed by atoms with Gasteiger partial charge in [0.15, 0.2) is 0 Å². The molecule has 3 N–H and O–H groups in total. The summed E-state index contributed by atoms with van der Waals surface area (Å²) in [5, 5.41) is 9.28. The lowest BCUT2D eigenvalue weighted by molar-refractivity contribution is 0.0102. The Morgan fingerprint density at radius 1 is 1.39 bits per heavy atom. The molecule has 4 heteroatoms. The number of methoxy groups -OCH3 is 1. The van der Waals surface area contributed by atoms with Crippen LogP contribution in [0.5, 0.6) is 5.75 Å². The minimum Gasteiger partial charge on any atom is -0.508 e. The summed E-state index contributed by atoms with van der Waals surface area (Å²) in [7, 11) is 1.77. The van der Waals surface area contributed by atoms with E-state index in [0.29, 0.717) is 24.4 Å². The summed E-state index contributed by atoms with van der Waals surface area (Å²) in [6.07, 6.45) is 2.41. The van der Waals surface area contributed by atoms with Gasteiger partial charge < -0.3 is 15.6 Å². The van der Waals surface area contributed by atoms with Gasteiger partial charge in [0, 0.05) is 32.8 Å². The molecule has 0 aromatic heterocycles. The first kappa shape index (κ1) is 13.3. The Bertz CT molecular complexity index is 367. The molecule has 1 saturated heterocycles. The Hall–Kier alpha value is -1.10. The fourth-order valence-corrected chi connectivity index (χ4v) is 2.57. The standard InChI is InChI=1S/C14H22N2O2/c1-18-14-6-7-16(12(8-14)9-15)10-11-2-4-13(17)5-3-11/h2-5,12,14,17H,6-10,15H2,1H3. The predicted octanol–water partition coefficient (Wildman–Crippen LogP) is 1.33. The van der Waals surface area contributed by atoms with Crippen molar-refractivity contribution in [3.8, 4) is 5.75 Å². The molecule has 4 nitrogen and oxygen atoms in total. The van der Waals surface area contributed by atoms with E-state index in [2.05, 4.69) is 4.90 Å². The zero-order valence-electron chi connectivity index (χ0n) is 10.9. The fraction of sp³-hybridized carbons (Fsp3) is 0.571. The third-order valence-electron chi connectivity index (χ3n) is 3.72. The van der Waals surface area contributed by atoms with E-state index in [1.54, 1.807) is 19.2 Å². The molecule has 100 valence electrons. The van der Waals surface area contributed by atoms with Crippen LogP contribution in [0.15, 0.2) is 24.3 Å². The van der Waals surface area contributed by atoms with Gasteiger partial charge in [-0.25, -0.2) is 0 Å². The number of aromatic hydroxyl groups is 1. The molecule has 0 amide bonds. The van der Waals surface area contributed by atoms with E-state index < -0.39 is 0 Å². The van der Waals surface area contributed by atoms with Gasteiger partial charge in [-0.3, -0.25) is 4.90 Å². The van der Waals surface area contributed by atoms with Crippen molar-refractivity contribution in [2.45, 2.75) is 31.5 Å². The predicted molar refractivity (Wildman–Crippen MR) is 71.4 cm³/mol. The Kier molecular flexibility index (Phi) is 4.58. The third kappa shape index (κ3) is 3.22. The van der Waals surface area contributed by atoms with Gasteiger partial charge in [-0.05, 0) is 30.5 Å². The number of benzene rings is 1. The molecule has 0 saturated carbocycles. The van der Waals surface area contributed by atoms with Crippen molar-refractivity contribution in [1.29, 1.82) is 0 Å². The molecule has 1 aromatic rings. The van der Waals surface area contributed by atoms with Crippen LogP contribution in [-0.2, 0) is 11.3 Å². The highest BCUT2D eigenvalue weighted by molar-refractivity contribution is 5.25. The number of phenols is 1. The Morgan fingerprint density at radius 3 is 2.72 bits per heavy atom. The average molecular weight is 250 g/mol. The van der Waals surface area contributed by atoms with Crippen molar-refractivity contribution in [1.82, 2.24) is 4.90 Å². The monoisotopic (exact) mass is 250 g/mol. The summed E-state index contributed by atoms with van der Waals surface area (Å²) in [5.41, 5.74) is 7.06. The van der Waals surface area contributed by atoms with Crippen LogP contribution in [-0.4, -0.2) is 42.4 Å². The van der Waals surface area contributed by atoms with E-state index in [1.165, 1.54) is 5.56 Å². The number of rotatable bonds is 4. The SMILES string of the molecule is COC1CCN(Cc2ccc(O)cc2)C(CN)C1. The first-order valence-corrected chi connectivity index (χ1v) is 6.47. The van der Waals surface area contributed by atoms with Gasteiger partial charge in [0.1, 0.15) is 5.75 Å². The van der Waals surface area contributed by atoms with Crippen molar-refractivity contribution in [3.05, 3.63) is 29.8 Å². The van der Waals surface area contributed by atoms with Gasteiger partial charge in [0.05, 0.1) is 6.10 Å². The van der Waals surface area contributed by atoms with Crippen LogP contribution >= 0.6 is 0 Å². The highest BCUT2D eigenvalue weighted by Gasteiger charge is 2.27. The van der Waals surface area contributed by atoms with Crippen LogP contribution in [0.2, 0.25) is 0 Å². The topological polar surface area (TPSA) is 58.7 Å². The third-order valence-corrected chi connectivity index (χ3v) is 3.72.